The van der Waals surface area contributed by atoms with Crippen LogP contribution in [0.3, 0.4) is 0 Å². The molecule has 1 saturated heterocycles. The van der Waals surface area contributed by atoms with Crippen LogP contribution in [0.4, 0.5) is 29.0 Å². The minimum absolute atomic E-state index is 0.0979. The van der Waals surface area contributed by atoms with Gasteiger partial charge in [0.1, 0.15) is 10.8 Å². The van der Waals surface area contributed by atoms with Gasteiger partial charge in [-0.15, -0.1) is 0 Å². The van der Waals surface area contributed by atoms with E-state index in [0.29, 0.717) is 36.3 Å². The summed E-state index contributed by atoms with van der Waals surface area (Å²) in [7, 11) is -1.10. The zero-order valence-corrected chi connectivity index (χ0v) is 22.6. The van der Waals surface area contributed by atoms with Gasteiger partial charge in [0.15, 0.2) is 5.82 Å². The molecule has 4 heterocycles. The van der Waals surface area contributed by atoms with Gasteiger partial charge in [0.05, 0.1) is 23.8 Å². The number of nitrogens with zero attached hydrogens (tertiary/aromatic N) is 6. The first kappa shape index (κ1) is 25.7. The van der Waals surface area contributed by atoms with Crippen molar-refractivity contribution in [3.8, 4) is 0 Å². The van der Waals surface area contributed by atoms with Gasteiger partial charge in [-0.2, -0.15) is 9.29 Å². The molecule has 2 aliphatic rings. The average Bonchev–Trinajstić information content (AvgIpc) is 2.91. The standard InChI is InChI=1S/C25H31ClN8O2S/c1-3-37(35,36)34-10-9-20-18(17-34)5-4-6-22(20)30-24-21(26)16-28-25(31-24)29-19-7-8-23(27-15-19)33-13-11-32(2)12-14-33/h4-8,15-16H,3,9-14,17H2,1-2H3,(H2,28,29,30,31). The molecule has 10 nitrogen and oxygen atoms in total. The first-order valence-corrected chi connectivity index (χ1v) is 14.4. The number of aromatic nitrogens is 3. The molecule has 196 valence electrons. The van der Waals surface area contributed by atoms with Crippen molar-refractivity contribution in [3.05, 3.63) is 58.9 Å². The summed E-state index contributed by atoms with van der Waals surface area (Å²) < 4.78 is 26.2. The Kier molecular flexibility index (Phi) is 7.47. The van der Waals surface area contributed by atoms with Gasteiger partial charge in [-0.05, 0) is 49.7 Å². The van der Waals surface area contributed by atoms with Gasteiger partial charge in [0, 0.05) is 45.0 Å². The maximum Gasteiger partial charge on any atom is 0.229 e. The number of hydrogen-bond acceptors (Lipinski definition) is 9. The summed E-state index contributed by atoms with van der Waals surface area (Å²) in [6.45, 7) is 6.45. The van der Waals surface area contributed by atoms with Crippen LogP contribution in [0.1, 0.15) is 18.1 Å². The lowest BCUT2D eigenvalue weighted by molar-refractivity contribution is 0.312. The highest BCUT2D eigenvalue weighted by Gasteiger charge is 2.26. The van der Waals surface area contributed by atoms with E-state index in [2.05, 4.69) is 42.4 Å². The van der Waals surface area contributed by atoms with E-state index < -0.39 is 10.0 Å². The Bertz CT molecular complexity index is 1360. The Balaban J connectivity index is 1.30. The van der Waals surface area contributed by atoms with Crippen molar-refractivity contribution >= 4 is 50.6 Å². The van der Waals surface area contributed by atoms with Crippen LogP contribution < -0.4 is 15.5 Å². The zero-order chi connectivity index (χ0) is 26.0. The number of rotatable bonds is 7. The smallest absolute Gasteiger partial charge is 0.229 e. The van der Waals surface area contributed by atoms with E-state index in [1.165, 1.54) is 0 Å². The number of fused-ring (bicyclic) bond motifs is 1. The van der Waals surface area contributed by atoms with Gasteiger partial charge in [-0.3, -0.25) is 0 Å². The highest BCUT2D eigenvalue weighted by atomic mass is 35.5. The fraction of sp³-hybridized carbons (Fsp3) is 0.400. The summed E-state index contributed by atoms with van der Waals surface area (Å²) in [5, 5.41) is 6.92. The van der Waals surface area contributed by atoms with Crippen LogP contribution in [-0.4, -0.2) is 78.1 Å². The Morgan fingerprint density at radius 1 is 1.00 bits per heavy atom. The number of nitrogens with one attached hydrogen (secondary N) is 2. The maximum absolute atomic E-state index is 12.3. The van der Waals surface area contributed by atoms with E-state index >= 15 is 0 Å². The molecule has 37 heavy (non-hydrogen) atoms. The van der Waals surface area contributed by atoms with E-state index in [-0.39, 0.29) is 5.75 Å². The van der Waals surface area contributed by atoms with Gasteiger partial charge >= 0.3 is 0 Å². The molecule has 0 aliphatic carbocycles. The number of piperazine rings is 1. The molecule has 12 heteroatoms. The second kappa shape index (κ2) is 10.8. The lowest BCUT2D eigenvalue weighted by Crippen LogP contribution is -2.44. The van der Waals surface area contributed by atoms with Crippen molar-refractivity contribution in [1.29, 1.82) is 0 Å². The predicted molar refractivity (Wildman–Crippen MR) is 148 cm³/mol. The third-order valence-corrected chi connectivity index (χ3v) is 8.92. The number of sulfonamides is 1. The topological polar surface area (TPSA) is 107 Å². The zero-order valence-electron chi connectivity index (χ0n) is 21.0. The monoisotopic (exact) mass is 542 g/mol. The van der Waals surface area contributed by atoms with Gasteiger partial charge in [-0.1, -0.05) is 23.7 Å². The molecule has 0 atom stereocenters. The number of likely N-dealkylation sites (N-methyl/N-ethyl adjacent to an activating group) is 1. The first-order valence-electron chi connectivity index (χ1n) is 12.4. The van der Waals surface area contributed by atoms with Crippen LogP contribution in [0, 0.1) is 0 Å². The summed E-state index contributed by atoms with van der Waals surface area (Å²) in [5.41, 5.74) is 3.68. The van der Waals surface area contributed by atoms with Crippen LogP contribution in [0.2, 0.25) is 5.02 Å². The van der Waals surface area contributed by atoms with E-state index in [0.717, 1.165) is 54.5 Å². The molecule has 0 unspecified atom stereocenters. The third-order valence-electron chi connectivity index (χ3n) is 6.82. The van der Waals surface area contributed by atoms with E-state index in [4.69, 9.17) is 11.6 Å². The number of pyridine rings is 1. The minimum atomic E-state index is -3.24. The fourth-order valence-corrected chi connectivity index (χ4v) is 5.78. The molecule has 2 N–H and O–H groups in total. The molecule has 2 aromatic heterocycles. The second-order valence-electron chi connectivity index (χ2n) is 9.26. The molecule has 0 amide bonds. The molecule has 0 spiro atoms. The summed E-state index contributed by atoms with van der Waals surface area (Å²) >= 11 is 6.43. The molecule has 0 radical (unpaired) electrons. The fourth-order valence-electron chi connectivity index (χ4n) is 4.57. The molecular weight excluding hydrogens is 512 g/mol. The summed E-state index contributed by atoms with van der Waals surface area (Å²) in [4.78, 5) is 18.1. The number of benzene rings is 1. The van der Waals surface area contributed by atoms with Crippen molar-refractivity contribution in [2.45, 2.75) is 19.9 Å². The third kappa shape index (κ3) is 5.80. The van der Waals surface area contributed by atoms with Crippen molar-refractivity contribution in [3.63, 3.8) is 0 Å². The lowest BCUT2D eigenvalue weighted by Gasteiger charge is -2.33. The van der Waals surface area contributed by atoms with Gasteiger partial charge in [0.25, 0.3) is 0 Å². The molecule has 1 fully saturated rings. The van der Waals surface area contributed by atoms with Crippen LogP contribution >= 0.6 is 11.6 Å². The van der Waals surface area contributed by atoms with Crippen LogP contribution in [0.25, 0.3) is 0 Å². The van der Waals surface area contributed by atoms with Gasteiger partial charge in [-0.25, -0.2) is 18.4 Å². The van der Waals surface area contributed by atoms with Crippen molar-refractivity contribution in [2.75, 3.05) is 61.1 Å². The largest absolute Gasteiger partial charge is 0.354 e. The van der Waals surface area contributed by atoms with Crippen LogP contribution in [0.15, 0.2) is 42.7 Å². The van der Waals surface area contributed by atoms with E-state index in [1.807, 2.05) is 30.3 Å². The molecule has 2 aliphatic heterocycles. The quantitative estimate of drug-likeness (QED) is 0.464. The normalized spacial score (nSPS) is 16.9. The van der Waals surface area contributed by atoms with Crippen LogP contribution in [-0.2, 0) is 23.0 Å². The molecule has 0 saturated carbocycles. The summed E-state index contributed by atoms with van der Waals surface area (Å²) in [5.74, 6) is 1.92. The first-order chi connectivity index (χ1) is 17.8. The van der Waals surface area contributed by atoms with Gasteiger partial charge in [0.2, 0.25) is 16.0 Å². The van der Waals surface area contributed by atoms with Crippen molar-refractivity contribution < 1.29 is 8.42 Å². The van der Waals surface area contributed by atoms with Crippen molar-refractivity contribution in [2.24, 2.45) is 0 Å². The molecule has 0 bridgehead atoms. The Hall–Kier alpha value is -2.99. The molecule has 3 aromatic rings. The van der Waals surface area contributed by atoms with E-state index in [1.54, 1.807) is 23.6 Å². The Morgan fingerprint density at radius 2 is 1.81 bits per heavy atom. The maximum atomic E-state index is 12.3. The average molecular weight is 543 g/mol. The highest BCUT2D eigenvalue weighted by molar-refractivity contribution is 7.89. The predicted octanol–water partition coefficient (Wildman–Crippen LogP) is 3.47. The second-order valence-corrected chi connectivity index (χ2v) is 11.9. The number of anilines is 5. The summed E-state index contributed by atoms with van der Waals surface area (Å²) in [6, 6.07) is 9.79. The Morgan fingerprint density at radius 3 is 2.54 bits per heavy atom. The molecule has 5 rings (SSSR count). The Labute approximate surface area is 222 Å². The molecular formula is C25H31ClN8O2S. The molecule has 1 aromatic carbocycles. The van der Waals surface area contributed by atoms with Crippen LogP contribution in [0.5, 0.6) is 0 Å². The number of hydrogen-bond donors (Lipinski definition) is 2. The van der Waals surface area contributed by atoms with E-state index in [9.17, 15) is 8.42 Å². The van der Waals surface area contributed by atoms with Crippen molar-refractivity contribution in [1.82, 2.24) is 24.2 Å². The van der Waals surface area contributed by atoms with Gasteiger partial charge < -0.3 is 20.4 Å². The summed E-state index contributed by atoms with van der Waals surface area (Å²) in [6.07, 6.45) is 3.94. The lowest BCUT2D eigenvalue weighted by atomic mass is 9.99. The highest BCUT2D eigenvalue weighted by Crippen LogP contribution is 2.32. The number of halogens is 1. The SMILES string of the molecule is CCS(=O)(=O)N1CCc2c(cccc2Nc2nc(Nc3ccc(N4CCN(C)CC4)nc3)ncc2Cl)C1. The minimum Gasteiger partial charge on any atom is -0.354 e.